The molecule has 5 N–H and O–H groups in total. The largest absolute Gasteiger partial charge is 0.394 e. The predicted molar refractivity (Wildman–Crippen MR) is 114 cm³/mol. The van der Waals surface area contributed by atoms with E-state index in [1.165, 1.54) is 0 Å². The zero-order chi connectivity index (χ0) is 22.1. The molecule has 0 aliphatic rings. The van der Waals surface area contributed by atoms with Crippen molar-refractivity contribution in [2.24, 2.45) is 0 Å². The number of rotatable bonds is 11. The van der Waals surface area contributed by atoms with Gasteiger partial charge in [0.2, 0.25) is 0 Å². The summed E-state index contributed by atoms with van der Waals surface area (Å²) in [5, 5.41) is 20.4. The van der Waals surface area contributed by atoms with E-state index in [0.717, 1.165) is 9.64 Å². The Bertz CT molecular complexity index is 891. The first-order chi connectivity index (χ1) is 14.4. The van der Waals surface area contributed by atoms with Crippen molar-refractivity contribution in [1.82, 2.24) is 11.0 Å². The van der Waals surface area contributed by atoms with Crippen LogP contribution in [-0.4, -0.2) is 42.5 Å². The van der Waals surface area contributed by atoms with E-state index in [4.69, 9.17) is 31.5 Å². The Morgan fingerprint density at radius 1 is 1.10 bits per heavy atom. The highest BCUT2D eigenvalue weighted by Crippen LogP contribution is 2.32. The second-order valence-corrected chi connectivity index (χ2v) is 7.38. The lowest BCUT2D eigenvalue weighted by atomic mass is 10.1. The molecule has 0 bridgehead atoms. The summed E-state index contributed by atoms with van der Waals surface area (Å²) in [6, 6.07) is 5.99. The molecule has 0 aromatic heterocycles. The maximum Gasteiger partial charge on any atom is 0.277 e. The van der Waals surface area contributed by atoms with Crippen LogP contribution in [0.3, 0.4) is 0 Å². The van der Waals surface area contributed by atoms with E-state index in [1.807, 2.05) is 22.6 Å². The highest BCUT2D eigenvalue weighted by molar-refractivity contribution is 14.1. The molecule has 0 unspecified atom stereocenters. The van der Waals surface area contributed by atoms with Crippen LogP contribution in [-0.2, 0) is 16.2 Å². The second-order valence-electron chi connectivity index (χ2n) is 5.73. The first kappa shape index (κ1) is 24.7. The van der Waals surface area contributed by atoms with Gasteiger partial charge in [0.05, 0.1) is 48.4 Å². The molecule has 12 heteroatoms. The van der Waals surface area contributed by atoms with Crippen molar-refractivity contribution in [3.63, 3.8) is 0 Å². The maximum atomic E-state index is 14.9. The molecule has 2 rings (SSSR count). The molecular weight excluding hydrogens is 539 g/mol. The SMILES string of the molecule is O=C(NOCCO)c1cc(CNOCCO)c(F)c(F)c1Nc1ccc(I)cc1Cl. The molecule has 2 aromatic rings. The fourth-order valence-corrected chi connectivity index (χ4v) is 3.20. The molecule has 2 aromatic carbocycles. The normalized spacial score (nSPS) is 10.9. The van der Waals surface area contributed by atoms with Gasteiger partial charge in [0.25, 0.3) is 5.91 Å². The van der Waals surface area contributed by atoms with Crippen LogP contribution < -0.4 is 16.3 Å². The van der Waals surface area contributed by atoms with Gasteiger partial charge in [-0.25, -0.2) is 14.3 Å². The van der Waals surface area contributed by atoms with Gasteiger partial charge in [-0.1, -0.05) is 11.6 Å². The minimum absolute atomic E-state index is 0.0581. The van der Waals surface area contributed by atoms with Crippen LogP contribution in [0.4, 0.5) is 20.2 Å². The average molecular weight is 558 g/mol. The van der Waals surface area contributed by atoms with Crippen LogP contribution in [0.15, 0.2) is 24.3 Å². The topological polar surface area (TPSA) is 112 Å². The summed E-state index contributed by atoms with van der Waals surface area (Å²) < 4.78 is 30.3. The Hall–Kier alpha value is -1.61. The van der Waals surface area contributed by atoms with Crippen LogP contribution in [0.5, 0.6) is 0 Å². The predicted octanol–water partition coefficient (Wildman–Crippen LogP) is 2.63. The van der Waals surface area contributed by atoms with Crippen LogP contribution in [0.2, 0.25) is 5.02 Å². The molecule has 1 amide bonds. The summed E-state index contributed by atoms with van der Waals surface area (Å²) in [5.74, 6) is -3.38. The summed E-state index contributed by atoms with van der Waals surface area (Å²) in [5.41, 5.74) is 3.78. The number of carbonyl (C=O) groups excluding carboxylic acids is 1. The van der Waals surface area contributed by atoms with E-state index in [1.54, 1.807) is 18.2 Å². The summed E-state index contributed by atoms with van der Waals surface area (Å²) in [7, 11) is 0. The zero-order valence-corrected chi connectivity index (χ0v) is 18.4. The van der Waals surface area contributed by atoms with Gasteiger partial charge in [-0.15, -0.1) is 0 Å². The standard InChI is InChI=1S/C18H19ClF2IN3O5/c19-13-8-11(22)1-2-14(13)24-17-12(18(28)25-30-6-4-27)7-10(15(20)16(17)21)9-23-29-5-3-26/h1-2,7-8,23-24,26-27H,3-6,9H2,(H,25,28). The van der Waals surface area contributed by atoms with E-state index in [-0.39, 0.29) is 54.8 Å². The molecule has 0 saturated heterocycles. The molecule has 8 nitrogen and oxygen atoms in total. The first-order valence-electron chi connectivity index (χ1n) is 8.60. The molecule has 0 atom stereocenters. The highest BCUT2D eigenvalue weighted by Gasteiger charge is 2.23. The summed E-state index contributed by atoms with van der Waals surface area (Å²) in [6.07, 6.45) is 0. The molecule has 0 aliphatic carbocycles. The van der Waals surface area contributed by atoms with Gasteiger partial charge in [0.15, 0.2) is 11.6 Å². The number of nitrogens with one attached hydrogen (secondary N) is 3. The van der Waals surface area contributed by atoms with Gasteiger partial charge in [0.1, 0.15) is 0 Å². The van der Waals surface area contributed by atoms with Crippen molar-refractivity contribution in [2.75, 3.05) is 31.7 Å². The van der Waals surface area contributed by atoms with E-state index in [0.29, 0.717) is 0 Å². The van der Waals surface area contributed by atoms with Crippen LogP contribution >= 0.6 is 34.2 Å². The first-order valence-corrected chi connectivity index (χ1v) is 10.1. The molecule has 0 saturated carbocycles. The second kappa shape index (κ2) is 12.3. The van der Waals surface area contributed by atoms with Crippen LogP contribution in [0.25, 0.3) is 0 Å². The number of hydrogen-bond acceptors (Lipinski definition) is 7. The number of halogens is 4. The molecule has 0 radical (unpaired) electrons. The van der Waals surface area contributed by atoms with E-state index in [2.05, 4.69) is 16.3 Å². The number of aliphatic hydroxyl groups excluding tert-OH is 2. The van der Waals surface area contributed by atoms with Crippen molar-refractivity contribution in [3.8, 4) is 0 Å². The Kier molecular flexibility index (Phi) is 10.1. The van der Waals surface area contributed by atoms with Crippen molar-refractivity contribution in [2.45, 2.75) is 6.54 Å². The summed E-state index contributed by atoms with van der Waals surface area (Å²) in [4.78, 5) is 22.1. The van der Waals surface area contributed by atoms with Crippen LogP contribution in [0, 0.1) is 15.2 Å². The molecular formula is C18H19ClF2IN3O5. The minimum atomic E-state index is -1.31. The van der Waals surface area contributed by atoms with E-state index < -0.39 is 23.2 Å². The summed E-state index contributed by atoms with van der Waals surface area (Å²) >= 11 is 8.19. The Morgan fingerprint density at radius 3 is 2.47 bits per heavy atom. The Balaban J connectivity index is 2.41. The Morgan fingerprint density at radius 2 is 1.80 bits per heavy atom. The summed E-state index contributed by atoms with van der Waals surface area (Å²) in [6.45, 7) is -1.13. The van der Waals surface area contributed by atoms with E-state index >= 15 is 0 Å². The van der Waals surface area contributed by atoms with Gasteiger partial charge < -0.3 is 15.5 Å². The fourth-order valence-electron chi connectivity index (χ4n) is 2.30. The van der Waals surface area contributed by atoms with Gasteiger partial charge in [0, 0.05) is 15.7 Å². The van der Waals surface area contributed by atoms with E-state index in [9.17, 15) is 13.6 Å². The number of hydrogen-bond donors (Lipinski definition) is 5. The zero-order valence-electron chi connectivity index (χ0n) is 15.5. The maximum absolute atomic E-state index is 14.9. The quantitative estimate of drug-likeness (QED) is 0.164. The molecule has 164 valence electrons. The lowest BCUT2D eigenvalue weighted by Crippen LogP contribution is -2.27. The third kappa shape index (κ3) is 6.70. The van der Waals surface area contributed by atoms with Gasteiger partial charge in [-0.05, 0) is 46.9 Å². The molecule has 0 heterocycles. The smallest absolute Gasteiger partial charge is 0.277 e. The van der Waals surface area contributed by atoms with Gasteiger partial charge in [-0.3, -0.25) is 14.5 Å². The molecule has 0 fully saturated rings. The average Bonchev–Trinajstić information content (AvgIpc) is 2.72. The molecule has 30 heavy (non-hydrogen) atoms. The highest BCUT2D eigenvalue weighted by atomic mass is 127. The lowest BCUT2D eigenvalue weighted by Gasteiger charge is -2.17. The van der Waals surface area contributed by atoms with Crippen molar-refractivity contribution in [1.29, 1.82) is 0 Å². The number of carbonyl (C=O) groups is 1. The van der Waals surface area contributed by atoms with Gasteiger partial charge in [-0.2, -0.15) is 5.48 Å². The molecule has 0 aliphatic heterocycles. The van der Waals surface area contributed by atoms with Crippen LogP contribution in [0.1, 0.15) is 15.9 Å². The Labute approximate surface area is 189 Å². The van der Waals surface area contributed by atoms with Crippen molar-refractivity contribution >= 4 is 51.5 Å². The number of benzene rings is 2. The van der Waals surface area contributed by atoms with Crippen molar-refractivity contribution in [3.05, 3.63) is 55.6 Å². The monoisotopic (exact) mass is 557 g/mol. The number of amides is 1. The number of hydroxylamine groups is 2. The fraction of sp³-hybridized carbons (Fsp3) is 0.278. The number of anilines is 2. The van der Waals surface area contributed by atoms with Crippen molar-refractivity contribution < 1.29 is 33.5 Å². The third-order valence-electron chi connectivity index (χ3n) is 3.63. The van der Waals surface area contributed by atoms with Gasteiger partial charge >= 0.3 is 0 Å². The number of aliphatic hydroxyl groups is 2. The molecule has 0 spiro atoms. The third-order valence-corrected chi connectivity index (χ3v) is 4.62. The minimum Gasteiger partial charge on any atom is -0.394 e. The lowest BCUT2D eigenvalue weighted by molar-refractivity contribution is 0.0131.